The van der Waals surface area contributed by atoms with Crippen LogP contribution < -0.4 is 5.32 Å². The fraction of sp³-hybridized carbons (Fsp3) is 0.176. The Morgan fingerprint density at radius 1 is 1.04 bits per heavy atom. The van der Waals surface area contributed by atoms with E-state index >= 15 is 0 Å². The third-order valence-electron chi connectivity index (χ3n) is 3.24. The number of amides is 2. The van der Waals surface area contributed by atoms with Crippen LogP contribution >= 0.6 is 0 Å². The first-order valence-electron chi connectivity index (χ1n) is 6.92. The van der Waals surface area contributed by atoms with Gasteiger partial charge in [-0.05, 0) is 29.8 Å². The second-order valence-electron chi connectivity index (χ2n) is 5.20. The van der Waals surface area contributed by atoms with Gasteiger partial charge in [-0.2, -0.15) is 0 Å². The lowest BCUT2D eigenvalue weighted by Gasteiger charge is -2.11. The summed E-state index contributed by atoms with van der Waals surface area (Å²) < 4.78 is 26.3. The zero-order valence-electron chi connectivity index (χ0n) is 12.8. The summed E-state index contributed by atoms with van der Waals surface area (Å²) in [7, 11) is 3.32. The molecular weight excluding hydrogens is 302 g/mol. The van der Waals surface area contributed by atoms with Crippen LogP contribution in [0.15, 0.2) is 42.5 Å². The zero-order chi connectivity index (χ0) is 17.0. The van der Waals surface area contributed by atoms with Gasteiger partial charge in [0.25, 0.3) is 11.8 Å². The molecule has 23 heavy (non-hydrogen) atoms. The van der Waals surface area contributed by atoms with Crippen LogP contribution in [0.2, 0.25) is 0 Å². The number of benzene rings is 2. The van der Waals surface area contributed by atoms with E-state index in [-0.39, 0.29) is 18.0 Å². The molecule has 4 nitrogen and oxygen atoms in total. The topological polar surface area (TPSA) is 49.4 Å². The molecule has 2 aromatic rings. The minimum atomic E-state index is -0.908. The maximum absolute atomic E-state index is 13.5. The Morgan fingerprint density at radius 2 is 1.70 bits per heavy atom. The molecule has 0 radical (unpaired) electrons. The lowest BCUT2D eigenvalue weighted by atomic mass is 10.1. The molecular formula is C17H16F2N2O2. The number of hydrogen-bond donors (Lipinski definition) is 1. The van der Waals surface area contributed by atoms with E-state index in [0.29, 0.717) is 11.6 Å². The van der Waals surface area contributed by atoms with Crippen LogP contribution in [0.25, 0.3) is 0 Å². The summed E-state index contributed by atoms with van der Waals surface area (Å²) in [6.07, 6.45) is 0. The summed E-state index contributed by atoms with van der Waals surface area (Å²) in [5, 5.41) is 2.55. The Bertz CT molecular complexity index is 728. The van der Waals surface area contributed by atoms with Crippen LogP contribution in [0.4, 0.5) is 8.78 Å². The number of carbonyl (C=O) groups excluding carboxylic acids is 2. The molecule has 2 amide bonds. The summed E-state index contributed by atoms with van der Waals surface area (Å²) >= 11 is 0. The van der Waals surface area contributed by atoms with Gasteiger partial charge >= 0.3 is 0 Å². The lowest BCUT2D eigenvalue weighted by Crippen LogP contribution is -2.24. The standard InChI is InChI=1S/C17H16F2N2O2/c1-21(2)17(23)12-5-3-11(4-6-12)10-20-16(22)14-8-7-13(18)9-15(14)19/h3-9H,10H2,1-2H3,(H,20,22). The van der Waals surface area contributed by atoms with Gasteiger partial charge in [-0.25, -0.2) is 8.78 Å². The molecule has 0 fully saturated rings. The van der Waals surface area contributed by atoms with Gasteiger partial charge in [-0.1, -0.05) is 12.1 Å². The average molecular weight is 318 g/mol. The Labute approximate surface area is 132 Å². The summed E-state index contributed by atoms with van der Waals surface area (Å²) in [5.41, 5.74) is 1.08. The molecule has 6 heteroatoms. The van der Waals surface area contributed by atoms with Crippen molar-refractivity contribution in [2.75, 3.05) is 14.1 Å². The second-order valence-corrected chi connectivity index (χ2v) is 5.20. The van der Waals surface area contributed by atoms with E-state index in [0.717, 1.165) is 17.7 Å². The molecule has 0 bridgehead atoms. The van der Waals surface area contributed by atoms with Crippen molar-refractivity contribution in [2.45, 2.75) is 6.54 Å². The maximum atomic E-state index is 13.5. The predicted octanol–water partition coefficient (Wildman–Crippen LogP) is 2.60. The van der Waals surface area contributed by atoms with Crippen molar-refractivity contribution in [1.82, 2.24) is 10.2 Å². The SMILES string of the molecule is CN(C)C(=O)c1ccc(CNC(=O)c2ccc(F)cc2F)cc1. The summed E-state index contributed by atoms with van der Waals surface area (Å²) in [6, 6.07) is 9.51. The fourth-order valence-electron chi connectivity index (χ4n) is 1.97. The largest absolute Gasteiger partial charge is 0.348 e. The molecule has 0 atom stereocenters. The highest BCUT2D eigenvalue weighted by atomic mass is 19.1. The van der Waals surface area contributed by atoms with Gasteiger partial charge in [0.1, 0.15) is 11.6 Å². The van der Waals surface area contributed by atoms with E-state index in [1.165, 1.54) is 4.90 Å². The predicted molar refractivity (Wildman–Crippen MR) is 82.0 cm³/mol. The van der Waals surface area contributed by atoms with E-state index in [1.807, 2.05) is 0 Å². The number of nitrogens with zero attached hydrogens (tertiary/aromatic N) is 1. The zero-order valence-corrected chi connectivity index (χ0v) is 12.8. The third kappa shape index (κ3) is 4.12. The van der Waals surface area contributed by atoms with Crippen molar-refractivity contribution in [2.24, 2.45) is 0 Å². The molecule has 0 aliphatic heterocycles. The highest BCUT2D eigenvalue weighted by molar-refractivity contribution is 5.95. The molecule has 0 heterocycles. The van der Waals surface area contributed by atoms with E-state index in [4.69, 9.17) is 0 Å². The molecule has 0 aliphatic carbocycles. The van der Waals surface area contributed by atoms with Crippen molar-refractivity contribution < 1.29 is 18.4 Å². The average Bonchev–Trinajstić information content (AvgIpc) is 2.52. The van der Waals surface area contributed by atoms with Crippen molar-refractivity contribution >= 4 is 11.8 Å². The van der Waals surface area contributed by atoms with Crippen LogP contribution in [-0.2, 0) is 6.54 Å². The van der Waals surface area contributed by atoms with Crippen LogP contribution in [0.5, 0.6) is 0 Å². The normalized spacial score (nSPS) is 10.3. The Kier molecular flexibility index (Phi) is 5.05. The first-order valence-corrected chi connectivity index (χ1v) is 6.92. The first kappa shape index (κ1) is 16.6. The van der Waals surface area contributed by atoms with Gasteiger partial charge in [-0.3, -0.25) is 9.59 Å². The Balaban J connectivity index is 2.00. The highest BCUT2D eigenvalue weighted by Gasteiger charge is 2.12. The van der Waals surface area contributed by atoms with Gasteiger partial charge in [0.15, 0.2) is 0 Å². The van der Waals surface area contributed by atoms with Crippen LogP contribution in [-0.4, -0.2) is 30.8 Å². The molecule has 0 spiro atoms. The van der Waals surface area contributed by atoms with E-state index < -0.39 is 17.5 Å². The number of hydrogen-bond acceptors (Lipinski definition) is 2. The molecule has 2 aromatic carbocycles. The molecule has 0 saturated heterocycles. The summed E-state index contributed by atoms with van der Waals surface area (Å²) in [6.45, 7) is 0.173. The van der Waals surface area contributed by atoms with Gasteiger partial charge in [0, 0.05) is 32.3 Å². The number of carbonyl (C=O) groups is 2. The minimum absolute atomic E-state index is 0.117. The molecule has 0 unspecified atom stereocenters. The monoisotopic (exact) mass is 318 g/mol. The van der Waals surface area contributed by atoms with Gasteiger partial charge < -0.3 is 10.2 Å². The molecule has 0 saturated carbocycles. The highest BCUT2D eigenvalue weighted by Crippen LogP contribution is 2.10. The van der Waals surface area contributed by atoms with Crippen LogP contribution in [0, 0.1) is 11.6 Å². The van der Waals surface area contributed by atoms with E-state index in [9.17, 15) is 18.4 Å². The smallest absolute Gasteiger partial charge is 0.254 e. The van der Waals surface area contributed by atoms with Crippen LogP contribution in [0.3, 0.4) is 0 Å². The van der Waals surface area contributed by atoms with E-state index in [2.05, 4.69) is 5.32 Å². The number of nitrogens with one attached hydrogen (secondary N) is 1. The van der Waals surface area contributed by atoms with Gasteiger partial charge in [-0.15, -0.1) is 0 Å². The van der Waals surface area contributed by atoms with Crippen molar-refractivity contribution in [1.29, 1.82) is 0 Å². The molecule has 0 aromatic heterocycles. The fourth-order valence-corrected chi connectivity index (χ4v) is 1.97. The molecule has 2 rings (SSSR count). The molecule has 0 aliphatic rings. The molecule has 120 valence electrons. The summed E-state index contributed by atoms with van der Waals surface area (Å²) in [5.74, 6) is -2.39. The van der Waals surface area contributed by atoms with Gasteiger partial charge in [0.2, 0.25) is 0 Å². The Morgan fingerprint density at radius 3 is 2.26 bits per heavy atom. The molecule has 1 N–H and O–H groups in total. The number of rotatable bonds is 4. The third-order valence-corrected chi connectivity index (χ3v) is 3.24. The summed E-state index contributed by atoms with van der Waals surface area (Å²) in [4.78, 5) is 25.1. The first-order chi connectivity index (χ1) is 10.9. The van der Waals surface area contributed by atoms with Crippen molar-refractivity contribution in [3.8, 4) is 0 Å². The quantitative estimate of drug-likeness (QED) is 0.942. The van der Waals surface area contributed by atoms with Crippen LogP contribution in [0.1, 0.15) is 26.3 Å². The van der Waals surface area contributed by atoms with E-state index in [1.54, 1.807) is 38.4 Å². The number of halogens is 2. The second kappa shape index (κ2) is 7.00. The van der Waals surface area contributed by atoms with Gasteiger partial charge in [0.05, 0.1) is 5.56 Å². The Hall–Kier alpha value is -2.76. The van der Waals surface area contributed by atoms with Crippen molar-refractivity contribution in [3.63, 3.8) is 0 Å². The van der Waals surface area contributed by atoms with Crippen molar-refractivity contribution in [3.05, 3.63) is 70.8 Å². The maximum Gasteiger partial charge on any atom is 0.254 e. The minimum Gasteiger partial charge on any atom is -0.348 e. The lowest BCUT2D eigenvalue weighted by molar-refractivity contribution is 0.0827.